The molecule has 5 atom stereocenters. The number of aliphatic hydroxyl groups excluding tert-OH is 1. The van der Waals surface area contributed by atoms with Gasteiger partial charge in [0.25, 0.3) is 5.91 Å². The van der Waals surface area contributed by atoms with Gasteiger partial charge in [0.2, 0.25) is 11.8 Å². The molecule has 0 aliphatic carbocycles. The Labute approximate surface area is 251 Å². The van der Waals surface area contributed by atoms with Gasteiger partial charge in [-0.2, -0.15) is 0 Å². The molecule has 1 unspecified atom stereocenters. The molecule has 4 heterocycles. The molecule has 0 bridgehead atoms. The van der Waals surface area contributed by atoms with Gasteiger partial charge in [-0.1, -0.05) is 54.6 Å². The molecular formula is C33H37N3O5S. The molecule has 2 fully saturated rings. The number of likely N-dealkylation sites (tertiary alicyclic amines) is 1. The number of ether oxygens (including phenoxy) is 1. The van der Waals surface area contributed by atoms with E-state index in [-0.39, 0.29) is 29.6 Å². The van der Waals surface area contributed by atoms with Crippen molar-refractivity contribution in [2.75, 3.05) is 38.3 Å². The third-order valence-electron chi connectivity index (χ3n) is 8.90. The molecule has 4 aliphatic rings. The monoisotopic (exact) mass is 587 g/mol. The minimum absolute atomic E-state index is 0.0328. The third kappa shape index (κ3) is 4.92. The second kappa shape index (κ2) is 12.0. The first-order valence-electron chi connectivity index (χ1n) is 14.7. The van der Waals surface area contributed by atoms with Crippen LogP contribution in [0.5, 0.6) is 5.75 Å². The standard InChI is InChI=1S/C33H37N3O5S/c1-41-25-15-13-24(14-16-25)35-20-9-17-33-28(31(39)36(29(33)32(35)40)19-6-3-7-21-37)27-26(42-33)12-8-18-34(30(27)38)22-23-10-4-2-5-11-23/h2,4-5,8-17,26-29,37H,3,6-7,18-22H2,1H3/t26-,27+,28-,29?,33-/m0/s1. The van der Waals surface area contributed by atoms with E-state index < -0.39 is 22.6 Å². The Morgan fingerprint density at radius 2 is 1.71 bits per heavy atom. The van der Waals surface area contributed by atoms with Crippen LogP contribution in [0.2, 0.25) is 0 Å². The van der Waals surface area contributed by atoms with Crippen LogP contribution in [-0.2, 0) is 20.9 Å². The molecule has 6 rings (SSSR count). The van der Waals surface area contributed by atoms with E-state index in [0.717, 1.165) is 17.7 Å². The average molecular weight is 588 g/mol. The first-order valence-corrected chi connectivity index (χ1v) is 15.6. The predicted molar refractivity (Wildman–Crippen MR) is 163 cm³/mol. The van der Waals surface area contributed by atoms with Gasteiger partial charge in [-0.05, 0) is 49.1 Å². The van der Waals surface area contributed by atoms with Crippen molar-refractivity contribution in [1.29, 1.82) is 0 Å². The van der Waals surface area contributed by atoms with Gasteiger partial charge in [0.05, 0.1) is 23.7 Å². The zero-order valence-electron chi connectivity index (χ0n) is 23.8. The van der Waals surface area contributed by atoms with Crippen LogP contribution in [0.15, 0.2) is 78.9 Å². The average Bonchev–Trinajstić information content (AvgIpc) is 3.32. The Bertz CT molecular complexity index is 1380. The molecule has 220 valence electrons. The lowest BCUT2D eigenvalue weighted by Gasteiger charge is -2.35. The third-order valence-corrected chi connectivity index (χ3v) is 10.6. The number of hydrogen-bond acceptors (Lipinski definition) is 6. The molecule has 2 aromatic carbocycles. The van der Waals surface area contributed by atoms with Crippen LogP contribution >= 0.6 is 11.8 Å². The van der Waals surface area contributed by atoms with E-state index in [9.17, 15) is 19.5 Å². The number of fused-ring (bicyclic) bond motifs is 2. The summed E-state index contributed by atoms with van der Waals surface area (Å²) in [6.07, 6.45) is 10.2. The summed E-state index contributed by atoms with van der Waals surface area (Å²) in [5.41, 5.74) is 1.78. The second-order valence-corrected chi connectivity index (χ2v) is 12.8. The van der Waals surface area contributed by atoms with Gasteiger partial charge in [-0.25, -0.2) is 0 Å². The summed E-state index contributed by atoms with van der Waals surface area (Å²) >= 11 is 1.60. The van der Waals surface area contributed by atoms with Crippen molar-refractivity contribution < 1.29 is 24.2 Å². The highest BCUT2D eigenvalue weighted by atomic mass is 32.2. The fourth-order valence-electron chi connectivity index (χ4n) is 6.94. The van der Waals surface area contributed by atoms with Gasteiger partial charge >= 0.3 is 0 Å². The van der Waals surface area contributed by atoms with Crippen LogP contribution in [-0.4, -0.2) is 82.0 Å². The van der Waals surface area contributed by atoms with Crippen molar-refractivity contribution in [2.24, 2.45) is 11.8 Å². The Morgan fingerprint density at radius 1 is 0.929 bits per heavy atom. The maximum atomic E-state index is 14.5. The summed E-state index contributed by atoms with van der Waals surface area (Å²) in [6.45, 7) is 1.84. The smallest absolute Gasteiger partial charge is 0.251 e. The van der Waals surface area contributed by atoms with Crippen LogP contribution in [0.4, 0.5) is 5.69 Å². The molecule has 9 heteroatoms. The number of thioether (sulfide) groups is 1. The predicted octanol–water partition coefficient (Wildman–Crippen LogP) is 3.66. The van der Waals surface area contributed by atoms with Crippen LogP contribution in [0.25, 0.3) is 0 Å². The van der Waals surface area contributed by atoms with Crippen molar-refractivity contribution in [3.63, 3.8) is 0 Å². The van der Waals surface area contributed by atoms with Crippen molar-refractivity contribution in [3.05, 3.63) is 84.5 Å². The summed E-state index contributed by atoms with van der Waals surface area (Å²) in [6, 6.07) is 16.6. The molecule has 8 nitrogen and oxygen atoms in total. The minimum Gasteiger partial charge on any atom is -0.497 e. The lowest BCUT2D eigenvalue weighted by molar-refractivity contribution is -0.143. The Kier molecular flexibility index (Phi) is 8.14. The lowest BCUT2D eigenvalue weighted by Crippen LogP contribution is -2.53. The van der Waals surface area contributed by atoms with E-state index in [1.165, 1.54) is 0 Å². The molecule has 1 N–H and O–H groups in total. The van der Waals surface area contributed by atoms with Gasteiger partial charge in [0.15, 0.2) is 0 Å². The van der Waals surface area contributed by atoms with Crippen LogP contribution in [0.1, 0.15) is 24.8 Å². The highest BCUT2D eigenvalue weighted by molar-refractivity contribution is 8.02. The fraction of sp³-hybridized carbons (Fsp3) is 0.424. The highest BCUT2D eigenvalue weighted by Crippen LogP contribution is 2.61. The number of unbranched alkanes of at least 4 members (excludes halogenated alkanes) is 2. The van der Waals surface area contributed by atoms with Crippen molar-refractivity contribution >= 4 is 35.2 Å². The maximum Gasteiger partial charge on any atom is 0.251 e. The Balaban J connectivity index is 1.36. The fourth-order valence-corrected chi connectivity index (χ4v) is 8.95. The number of aliphatic hydroxyl groups is 1. The summed E-state index contributed by atoms with van der Waals surface area (Å²) in [4.78, 5) is 48.5. The summed E-state index contributed by atoms with van der Waals surface area (Å²) in [5.74, 6) is -0.785. The summed E-state index contributed by atoms with van der Waals surface area (Å²) in [7, 11) is 1.60. The molecular weight excluding hydrogens is 550 g/mol. The van der Waals surface area contributed by atoms with Gasteiger partial charge in [-0.3, -0.25) is 14.4 Å². The topological polar surface area (TPSA) is 90.4 Å². The van der Waals surface area contributed by atoms with E-state index in [0.29, 0.717) is 44.8 Å². The molecule has 3 amide bonds. The van der Waals surface area contributed by atoms with Gasteiger partial charge in [0.1, 0.15) is 11.8 Å². The van der Waals surface area contributed by atoms with Crippen molar-refractivity contribution in [3.8, 4) is 5.75 Å². The number of benzene rings is 2. The van der Waals surface area contributed by atoms with Crippen LogP contribution < -0.4 is 9.64 Å². The number of nitrogens with zero attached hydrogens (tertiary/aromatic N) is 3. The number of carbonyl (C=O) groups excluding carboxylic acids is 3. The molecule has 0 radical (unpaired) electrons. The number of carbonyl (C=O) groups is 3. The van der Waals surface area contributed by atoms with E-state index in [1.54, 1.807) is 28.7 Å². The van der Waals surface area contributed by atoms with Gasteiger partial charge < -0.3 is 24.5 Å². The molecule has 0 saturated carbocycles. The molecule has 2 aromatic rings. The molecule has 4 aliphatic heterocycles. The molecule has 0 aromatic heterocycles. The SMILES string of the molecule is COc1ccc(N2CC=C[C@]34S[C@H]5C=CCN(Cc6ccccc6)C(=O)[C@H]5[C@H]3C(=O)N(CCCCCO)C4C2=O)cc1. The lowest BCUT2D eigenvalue weighted by atomic mass is 9.78. The summed E-state index contributed by atoms with van der Waals surface area (Å²) in [5, 5.41) is 9.11. The van der Waals surface area contributed by atoms with Gasteiger partial charge in [0, 0.05) is 43.7 Å². The first-order chi connectivity index (χ1) is 20.5. The highest BCUT2D eigenvalue weighted by Gasteiger charge is 2.70. The first kappa shape index (κ1) is 28.6. The van der Waals surface area contributed by atoms with E-state index in [2.05, 4.69) is 12.2 Å². The number of rotatable bonds is 9. The maximum absolute atomic E-state index is 14.5. The number of methoxy groups -OCH3 is 1. The quantitative estimate of drug-likeness (QED) is 0.356. The summed E-state index contributed by atoms with van der Waals surface area (Å²) < 4.78 is 4.47. The van der Waals surface area contributed by atoms with E-state index >= 15 is 0 Å². The zero-order valence-corrected chi connectivity index (χ0v) is 24.6. The van der Waals surface area contributed by atoms with Crippen LogP contribution in [0, 0.1) is 11.8 Å². The number of hydrogen-bond donors (Lipinski definition) is 1. The normalized spacial score (nSPS) is 28.4. The van der Waals surface area contributed by atoms with Crippen molar-refractivity contribution in [1.82, 2.24) is 9.80 Å². The molecule has 1 spiro atoms. The minimum atomic E-state index is -0.850. The van der Waals surface area contributed by atoms with E-state index in [1.807, 2.05) is 71.6 Å². The number of anilines is 1. The van der Waals surface area contributed by atoms with Crippen molar-refractivity contribution in [2.45, 2.75) is 41.8 Å². The second-order valence-electron chi connectivity index (χ2n) is 11.3. The van der Waals surface area contributed by atoms with Gasteiger partial charge in [-0.15, -0.1) is 11.8 Å². The Hall–Kier alpha value is -3.56. The Morgan fingerprint density at radius 3 is 2.45 bits per heavy atom. The largest absolute Gasteiger partial charge is 0.497 e. The number of amides is 3. The van der Waals surface area contributed by atoms with Crippen LogP contribution in [0.3, 0.4) is 0 Å². The van der Waals surface area contributed by atoms with E-state index in [4.69, 9.17) is 4.74 Å². The molecule has 42 heavy (non-hydrogen) atoms. The zero-order chi connectivity index (χ0) is 29.3. The molecule has 2 saturated heterocycles.